The van der Waals surface area contributed by atoms with E-state index in [9.17, 15) is 5.11 Å². The van der Waals surface area contributed by atoms with E-state index in [-0.39, 0.29) is 17.9 Å². The standard InChI is InChI=1S/C15H22N6O/c1-8-4-9(2)18-15(17-8)16-7-12-5-11(6-13(12)22)14-19-10(3)20-21-14/h4,11-13,22H,5-7H2,1-3H3,(H,16,17,18)(H,19,20,21)/t11-,12+,13+/m0/s1. The third-order valence-electron chi connectivity index (χ3n) is 4.14. The van der Waals surface area contributed by atoms with Crippen molar-refractivity contribution in [2.75, 3.05) is 11.9 Å². The molecule has 1 fully saturated rings. The van der Waals surface area contributed by atoms with Crippen molar-refractivity contribution in [3.63, 3.8) is 0 Å². The lowest BCUT2D eigenvalue weighted by atomic mass is 10.0. The number of rotatable bonds is 4. The Bertz CT molecular complexity index is 635. The van der Waals surface area contributed by atoms with Crippen molar-refractivity contribution in [2.24, 2.45) is 5.92 Å². The average molecular weight is 302 g/mol. The van der Waals surface area contributed by atoms with E-state index in [1.54, 1.807) is 0 Å². The largest absolute Gasteiger partial charge is 0.393 e. The lowest BCUT2D eigenvalue weighted by Gasteiger charge is -2.15. The molecule has 1 saturated carbocycles. The number of hydrogen-bond acceptors (Lipinski definition) is 6. The number of aliphatic hydroxyl groups excluding tert-OH is 1. The summed E-state index contributed by atoms with van der Waals surface area (Å²) in [5.41, 5.74) is 1.88. The SMILES string of the molecule is Cc1cc(C)nc(NC[C@H]2C[C@H](c3n[nH]c(C)n3)C[C@H]2O)n1. The molecule has 0 aliphatic heterocycles. The summed E-state index contributed by atoms with van der Waals surface area (Å²) in [5.74, 6) is 2.62. The Balaban J connectivity index is 1.61. The molecule has 2 heterocycles. The second-order valence-corrected chi connectivity index (χ2v) is 6.13. The van der Waals surface area contributed by atoms with E-state index in [0.717, 1.165) is 29.5 Å². The van der Waals surface area contributed by atoms with Gasteiger partial charge in [-0.3, -0.25) is 5.10 Å². The molecule has 118 valence electrons. The van der Waals surface area contributed by atoms with Gasteiger partial charge in [-0.2, -0.15) is 5.10 Å². The zero-order valence-corrected chi connectivity index (χ0v) is 13.2. The van der Waals surface area contributed by atoms with Crippen molar-refractivity contribution < 1.29 is 5.11 Å². The topological polar surface area (TPSA) is 99.6 Å². The van der Waals surface area contributed by atoms with E-state index in [1.165, 1.54) is 0 Å². The fourth-order valence-corrected chi connectivity index (χ4v) is 3.10. The van der Waals surface area contributed by atoms with Gasteiger partial charge >= 0.3 is 0 Å². The minimum atomic E-state index is -0.345. The first-order valence-corrected chi connectivity index (χ1v) is 7.64. The maximum atomic E-state index is 10.3. The van der Waals surface area contributed by atoms with Crippen molar-refractivity contribution >= 4 is 5.95 Å². The molecule has 0 amide bonds. The Kier molecular flexibility index (Phi) is 4.06. The Hall–Kier alpha value is -2.02. The van der Waals surface area contributed by atoms with Crippen LogP contribution in [0.15, 0.2) is 6.07 Å². The van der Waals surface area contributed by atoms with Crippen LogP contribution in [0.1, 0.15) is 41.8 Å². The first kappa shape index (κ1) is 14.9. The summed E-state index contributed by atoms with van der Waals surface area (Å²) in [7, 11) is 0. The van der Waals surface area contributed by atoms with Crippen LogP contribution >= 0.6 is 0 Å². The molecule has 1 aliphatic rings. The highest BCUT2D eigenvalue weighted by Gasteiger charge is 2.35. The second kappa shape index (κ2) is 6.00. The van der Waals surface area contributed by atoms with Crippen LogP contribution in [0.5, 0.6) is 0 Å². The fourth-order valence-electron chi connectivity index (χ4n) is 3.10. The maximum absolute atomic E-state index is 10.3. The molecule has 22 heavy (non-hydrogen) atoms. The normalized spacial score (nSPS) is 24.6. The zero-order valence-electron chi connectivity index (χ0n) is 13.2. The van der Waals surface area contributed by atoms with Crippen molar-refractivity contribution in [1.29, 1.82) is 0 Å². The van der Waals surface area contributed by atoms with E-state index >= 15 is 0 Å². The van der Waals surface area contributed by atoms with E-state index in [4.69, 9.17) is 0 Å². The number of nitrogens with zero attached hydrogens (tertiary/aromatic N) is 4. The number of aromatic nitrogens is 5. The van der Waals surface area contributed by atoms with Crippen LogP contribution in [0, 0.1) is 26.7 Å². The number of hydrogen-bond donors (Lipinski definition) is 3. The molecule has 7 nitrogen and oxygen atoms in total. The number of aromatic amines is 1. The predicted octanol–water partition coefficient (Wildman–Crippen LogP) is 1.49. The highest BCUT2D eigenvalue weighted by molar-refractivity contribution is 5.28. The molecule has 0 radical (unpaired) electrons. The molecule has 3 rings (SSSR count). The van der Waals surface area contributed by atoms with E-state index in [2.05, 4.69) is 30.5 Å². The summed E-state index contributed by atoms with van der Waals surface area (Å²) in [6.07, 6.45) is 1.23. The quantitative estimate of drug-likeness (QED) is 0.791. The van der Waals surface area contributed by atoms with Gasteiger partial charge in [0, 0.05) is 29.8 Å². The van der Waals surface area contributed by atoms with Crippen LogP contribution in [0.4, 0.5) is 5.95 Å². The first-order valence-electron chi connectivity index (χ1n) is 7.64. The highest BCUT2D eigenvalue weighted by Crippen LogP contribution is 2.37. The van der Waals surface area contributed by atoms with E-state index in [1.807, 2.05) is 26.8 Å². The lowest BCUT2D eigenvalue weighted by Crippen LogP contribution is -2.22. The van der Waals surface area contributed by atoms with Crippen LogP contribution < -0.4 is 5.32 Å². The highest BCUT2D eigenvalue weighted by atomic mass is 16.3. The van der Waals surface area contributed by atoms with Gasteiger partial charge in [-0.15, -0.1) is 0 Å². The summed E-state index contributed by atoms with van der Waals surface area (Å²) in [6.45, 7) is 6.44. The van der Waals surface area contributed by atoms with Gasteiger partial charge < -0.3 is 10.4 Å². The third kappa shape index (κ3) is 3.24. The molecule has 3 atom stereocenters. The Morgan fingerprint density at radius 3 is 2.55 bits per heavy atom. The lowest BCUT2D eigenvalue weighted by molar-refractivity contribution is 0.137. The summed E-state index contributed by atoms with van der Waals surface area (Å²) in [6, 6.07) is 1.94. The molecule has 2 aromatic rings. The summed E-state index contributed by atoms with van der Waals surface area (Å²) < 4.78 is 0. The van der Waals surface area contributed by atoms with Gasteiger partial charge in [0.15, 0.2) is 5.82 Å². The van der Waals surface area contributed by atoms with Gasteiger partial charge in [0.05, 0.1) is 6.10 Å². The molecule has 0 bridgehead atoms. The van der Waals surface area contributed by atoms with Crippen LogP contribution in [0.3, 0.4) is 0 Å². The number of anilines is 1. The minimum Gasteiger partial charge on any atom is -0.393 e. The molecule has 0 unspecified atom stereocenters. The molecular weight excluding hydrogens is 280 g/mol. The van der Waals surface area contributed by atoms with Gasteiger partial charge in [-0.25, -0.2) is 15.0 Å². The average Bonchev–Trinajstić information content (AvgIpc) is 3.02. The minimum absolute atomic E-state index is 0.160. The van der Waals surface area contributed by atoms with Crippen molar-refractivity contribution in [3.8, 4) is 0 Å². The van der Waals surface area contributed by atoms with Crippen LogP contribution in [-0.2, 0) is 0 Å². The zero-order chi connectivity index (χ0) is 15.7. The van der Waals surface area contributed by atoms with Gasteiger partial charge in [0.2, 0.25) is 5.95 Å². The maximum Gasteiger partial charge on any atom is 0.223 e. The van der Waals surface area contributed by atoms with Gasteiger partial charge in [0.25, 0.3) is 0 Å². The molecule has 3 N–H and O–H groups in total. The molecule has 1 aliphatic carbocycles. The van der Waals surface area contributed by atoms with Crippen LogP contribution in [0.2, 0.25) is 0 Å². The number of aryl methyl sites for hydroxylation is 3. The molecule has 0 aromatic carbocycles. The van der Waals surface area contributed by atoms with E-state index < -0.39 is 0 Å². The Morgan fingerprint density at radius 1 is 1.18 bits per heavy atom. The summed E-state index contributed by atoms with van der Waals surface area (Å²) in [4.78, 5) is 13.1. The van der Waals surface area contributed by atoms with Crippen molar-refractivity contribution in [3.05, 3.63) is 29.1 Å². The first-order chi connectivity index (χ1) is 10.5. The Labute approximate surface area is 129 Å². The number of aliphatic hydroxyl groups is 1. The monoisotopic (exact) mass is 302 g/mol. The molecule has 7 heteroatoms. The molecule has 0 saturated heterocycles. The van der Waals surface area contributed by atoms with Gasteiger partial charge in [-0.1, -0.05) is 0 Å². The molecule has 0 spiro atoms. The van der Waals surface area contributed by atoms with E-state index in [0.29, 0.717) is 18.9 Å². The molecule has 2 aromatic heterocycles. The smallest absolute Gasteiger partial charge is 0.223 e. The van der Waals surface area contributed by atoms with Crippen LogP contribution in [-0.4, -0.2) is 42.9 Å². The predicted molar refractivity (Wildman–Crippen MR) is 82.6 cm³/mol. The van der Waals surface area contributed by atoms with Crippen LogP contribution in [0.25, 0.3) is 0 Å². The summed E-state index contributed by atoms with van der Waals surface area (Å²) >= 11 is 0. The third-order valence-corrected chi connectivity index (χ3v) is 4.14. The number of nitrogens with one attached hydrogen (secondary N) is 2. The van der Waals surface area contributed by atoms with Crippen molar-refractivity contribution in [2.45, 2.75) is 45.6 Å². The number of H-pyrrole nitrogens is 1. The van der Waals surface area contributed by atoms with Crippen molar-refractivity contribution in [1.82, 2.24) is 25.1 Å². The van der Waals surface area contributed by atoms with Gasteiger partial charge in [0.1, 0.15) is 5.82 Å². The van der Waals surface area contributed by atoms with Gasteiger partial charge in [-0.05, 0) is 39.7 Å². The second-order valence-electron chi connectivity index (χ2n) is 6.13. The summed E-state index contributed by atoms with van der Waals surface area (Å²) in [5, 5.41) is 20.6. The molecular formula is C15H22N6O. The fraction of sp³-hybridized carbons (Fsp3) is 0.600. The Morgan fingerprint density at radius 2 is 1.91 bits per heavy atom.